The smallest absolute Gasteiger partial charge is 0.287 e. The van der Waals surface area contributed by atoms with Crippen molar-refractivity contribution >= 4 is 33.1 Å². The molecule has 1 N–H and O–H groups in total. The van der Waals surface area contributed by atoms with Gasteiger partial charge in [0.1, 0.15) is 0 Å². The Hall–Kier alpha value is -2.03. The predicted molar refractivity (Wildman–Crippen MR) is 76.4 cm³/mol. The lowest BCUT2D eigenvalue weighted by molar-refractivity contribution is -0.137. The molecule has 0 bridgehead atoms. The molecule has 2 amide bonds. The molecule has 9 heteroatoms. The lowest BCUT2D eigenvalue weighted by Crippen LogP contribution is -2.30. The Morgan fingerprint density at radius 1 is 1.27 bits per heavy atom. The quantitative estimate of drug-likeness (QED) is 0.511. The molecule has 0 spiro atoms. The van der Waals surface area contributed by atoms with Crippen LogP contribution in [0.1, 0.15) is 0 Å². The number of carbonyl (C=O) groups excluding carboxylic acids is 3. The first-order valence-corrected chi connectivity index (χ1v) is 8.58. The number of benzene rings is 1. The molecule has 120 valence electrons. The first-order valence-electron chi connectivity index (χ1n) is 6.20. The van der Waals surface area contributed by atoms with E-state index in [0.717, 1.165) is 0 Å². The molecule has 0 saturated carbocycles. The minimum absolute atomic E-state index is 0.0998. The molecular formula is C13H13F3N2O3S. The van der Waals surface area contributed by atoms with E-state index in [1.165, 1.54) is 4.90 Å². The van der Waals surface area contributed by atoms with E-state index in [9.17, 15) is 27.6 Å². The summed E-state index contributed by atoms with van der Waals surface area (Å²) in [6.45, 7) is 0.267. The molecule has 1 aliphatic heterocycles. The van der Waals surface area contributed by atoms with E-state index in [2.05, 4.69) is 5.32 Å². The molecule has 0 aromatic heterocycles. The second-order valence-electron chi connectivity index (χ2n) is 4.99. The van der Waals surface area contributed by atoms with E-state index < -0.39 is 38.6 Å². The second kappa shape index (κ2) is 5.99. The van der Waals surface area contributed by atoms with E-state index in [4.69, 9.17) is 0 Å². The fraction of sp³-hybridized carbons (Fsp3) is 0.308. The van der Waals surface area contributed by atoms with Gasteiger partial charge in [0.05, 0.1) is 5.88 Å². The second-order valence-corrected chi connectivity index (χ2v) is 8.58. The normalized spacial score (nSPS) is 23.7. The third-order valence-electron chi connectivity index (χ3n) is 3.34. The minimum atomic E-state index is -1.96. The molecule has 1 aliphatic rings. The maximum Gasteiger partial charge on any atom is 0.287 e. The van der Waals surface area contributed by atoms with Crippen molar-refractivity contribution in [1.82, 2.24) is 4.90 Å². The van der Waals surface area contributed by atoms with Crippen LogP contribution in [-0.2, 0) is 9.59 Å². The average Bonchev–Trinajstić information content (AvgIpc) is 2.87. The Kier molecular flexibility index (Phi) is 4.45. The van der Waals surface area contributed by atoms with Gasteiger partial charge in [-0.15, -0.1) is 10.0 Å². The van der Waals surface area contributed by atoms with Crippen LogP contribution in [-0.4, -0.2) is 46.8 Å². The van der Waals surface area contributed by atoms with Crippen molar-refractivity contribution < 1.29 is 27.6 Å². The van der Waals surface area contributed by atoms with Crippen LogP contribution in [0, 0.1) is 17.5 Å². The van der Waals surface area contributed by atoms with Gasteiger partial charge in [0.25, 0.3) is 11.1 Å². The van der Waals surface area contributed by atoms with Gasteiger partial charge in [-0.25, -0.2) is 13.2 Å². The first kappa shape index (κ1) is 16.3. The number of carbonyl (C=O) groups is 3. The van der Waals surface area contributed by atoms with Crippen molar-refractivity contribution in [1.29, 1.82) is 0 Å². The predicted octanol–water partition coefficient (Wildman–Crippen LogP) is 2.07. The SMILES string of the molecule is CS1(C(=O)Nc2cc(F)c(F)c(F)c2)CCN(C(=O)C=O)C1. The number of hydrogen-bond acceptors (Lipinski definition) is 3. The number of amides is 2. The molecule has 2 rings (SSSR count). The molecule has 1 unspecified atom stereocenters. The molecule has 1 saturated heterocycles. The Morgan fingerprint density at radius 3 is 2.41 bits per heavy atom. The van der Waals surface area contributed by atoms with Crippen molar-refractivity contribution in [3.05, 3.63) is 29.6 Å². The molecule has 1 heterocycles. The summed E-state index contributed by atoms with van der Waals surface area (Å²) >= 11 is 0. The highest BCUT2D eigenvalue weighted by atomic mass is 32.3. The van der Waals surface area contributed by atoms with E-state index in [1.54, 1.807) is 6.26 Å². The monoisotopic (exact) mass is 334 g/mol. The lowest BCUT2D eigenvalue weighted by atomic mass is 10.3. The average molecular weight is 334 g/mol. The summed E-state index contributed by atoms with van der Waals surface area (Å²) < 4.78 is 39.1. The zero-order chi connectivity index (χ0) is 16.5. The summed E-state index contributed by atoms with van der Waals surface area (Å²) in [7, 11) is -1.96. The highest BCUT2D eigenvalue weighted by Crippen LogP contribution is 2.49. The fourth-order valence-corrected chi connectivity index (χ4v) is 4.42. The van der Waals surface area contributed by atoms with Gasteiger partial charge in [-0.05, 0) is 6.26 Å². The number of rotatable bonds is 2. The highest BCUT2D eigenvalue weighted by molar-refractivity contribution is 8.45. The Bertz CT molecular complexity index is 632. The number of hydrogen-bond donors (Lipinski definition) is 1. The van der Waals surface area contributed by atoms with Gasteiger partial charge in [0.2, 0.25) is 6.29 Å². The minimum Gasteiger partial charge on any atom is -0.327 e. The van der Waals surface area contributed by atoms with Crippen LogP contribution < -0.4 is 5.32 Å². The number of aldehydes is 1. The Labute approximate surface area is 125 Å². The maximum atomic E-state index is 13.1. The lowest BCUT2D eigenvalue weighted by Gasteiger charge is -2.28. The summed E-state index contributed by atoms with van der Waals surface area (Å²) in [6, 6.07) is 1.37. The Morgan fingerprint density at radius 2 is 1.86 bits per heavy atom. The van der Waals surface area contributed by atoms with Crippen LogP contribution in [0.5, 0.6) is 0 Å². The van der Waals surface area contributed by atoms with Crippen LogP contribution in [0.15, 0.2) is 12.1 Å². The summed E-state index contributed by atoms with van der Waals surface area (Å²) in [4.78, 5) is 35.3. The molecule has 0 radical (unpaired) electrons. The highest BCUT2D eigenvalue weighted by Gasteiger charge is 2.37. The molecular weight excluding hydrogens is 321 g/mol. The molecule has 22 heavy (non-hydrogen) atoms. The van der Waals surface area contributed by atoms with Crippen LogP contribution in [0.25, 0.3) is 0 Å². The third kappa shape index (κ3) is 3.08. The molecule has 1 aromatic carbocycles. The van der Waals surface area contributed by atoms with Gasteiger partial charge in [0, 0.05) is 30.1 Å². The van der Waals surface area contributed by atoms with Gasteiger partial charge >= 0.3 is 0 Å². The van der Waals surface area contributed by atoms with Crippen molar-refractivity contribution in [3.8, 4) is 0 Å². The standard InChI is InChI=1S/C13H13F3N2O3S/c1-22(3-2-18(7-22)11(20)6-19)13(21)17-8-4-9(14)12(16)10(15)5-8/h4-6H,2-3,7H2,1H3,(H,17,21). The van der Waals surface area contributed by atoms with Crippen molar-refractivity contribution in [3.63, 3.8) is 0 Å². The van der Waals surface area contributed by atoms with Crippen LogP contribution in [0.3, 0.4) is 0 Å². The fourth-order valence-electron chi connectivity index (χ4n) is 2.05. The molecule has 1 fully saturated rings. The van der Waals surface area contributed by atoms with Gasteiger partial charge in [-0.2, -0.15) is 0 Å². The number of halogens is 3. The Balaban J connectivity index is 2.13. The van der Waals surface area contributed by atoms with Gasteiger partial charge < -0.3 is 10.2 Å². The maximum absolute atomic E-state index is 13.1. The molecule has 5 nitrogen and oxygen atoms in total. The van der Waals surface area contributed by atoms with E-state index in [-0.39, 0.29) is 24.4 Å². The van der Waals surface area contributed by atoms with Crippen molar-refractivity contribution in [2.45, 2.75) is 0 Å². The first-order chi connectivity index (χ1) is 10.3. The summed E-state index contributed by atoms with van der Waals surface area (Å²) in [5, 5.41) is 1.85. The van der Waals surface area contributed by atoms with E-state index in [1.807, 2.05) is 0 Å². The number of nitrogens with one attached hydrogen (secondary N) is 1. The van der Waals surface area contributed by atoms with Crippen molar-refractivity contribution in [2.75, 3.05) is 29.7 Å². The topological polar surface area (TPSA) is 66.5 Å². The van der Waals surface area contributed by atoms with Crippen molar-refractivity contribution in [2.24, 2.45) is 0 Å². The van der Waals surface area contributed by atoms with E-state index in [0.29, 0.717) is 17.9 Å². The van der Waals surface area contributed by atoms with Gasteiger partial charge in [-0.1, -0.05) is 0 Å². The molecule has 1 aromatic rings. The van der Waals surface area contributed by atoms with Gasteiger partial charge in [-0.3, -0.25) is 14.4 Å². The third-order valence-corrected chi connectivity index (χ3v) is 6.31. The van der Waals surface area contributed by atoms with Gasteiger partial charge in [0.15, 0.2) is 17.5 Å². The van der Waals surface area contributed by atoms with Crippen LogP contribution in [0.4, 0.5) is 23.7 Å². The summed E-state index contributed by atoms with van der Waals surface area (Å²) in [5.74, 6) is -4.64. The summed E-state index contributed by atoms with van der Waals surface area (Å²) in [5.41, 5.74) is -0.199. The summed E-state index contributed by atoms with van der Waals surface area (Å²) in [6.07, 6.45) is 1.82. The molecule has 1 atom stereocenters. The zero-order valence-electron chi connectivity index (χ0n) is 11.6. The molecule has 0 aliphatic carbocycles. The number of nitrogens with zero attached hydrogens (tertiary/aromatic N) is 1. The largest absolute Gasteiger partial charge is 0.327 e. The van der Waals surface area contributed by atoms with E-state index >= 15 is 0 Å². The zero-order valence-corrected chi connectivity index (χ0v) is 12.4. The van der Waals surface area contributed by atoms with Crippen LogP contribution >= 0.6 is 10.0 Å². The van der Waals surface area contributed by atoms with Crippen LogP contribution in [0.2, 0.25) is 0 Å². The number of anilines is 1.